The van der Waals surface area contributed by atoms with Crippen LogP contribution in [0.3, 0.4) is 0 Å². The molecule has 0 saturated carbocycles. The maximum atomic E-state index is 11.4. The third-order valence-electron chi connectivity index (χ3n) is 1.77. The Hall–Kier alpha value is -1.51. The first kappa shape index (κ1) is 13.6. The second kappa shape index (κ2) is 6.28. The predicted octanol–water partition coefficient (Wildman–Crippen LogP) is 0.314. The normalized spacial score (nSPS) is 11.3. The number of nitro groups is 1. The van der Waals surface area contributed by atoms with Crippen molar-refractivity contribution in [3.05, 3.63) is 46.0 Å². The number of hydrogen-bond donors (Lipinski definition) is 1. The lowest BCUT2D eigenvalue weighted by Gasteiger charge is -2.04. The second-order valence-electron chi connectivity index (χ2n) is 3.22. The summed E-state index contributed by atoms with van der Waals surface area (Å²) in [4.78, 5) is 9.41. The highest BCUT2D eigenvalue weighted by Crippen LogP contribution is 2.05. The lowest BCUT2D eigenvalue weighted by Crippen LogP contribution is -2.26. The quantitative estimate of drug-likeness (QED) is 0.430. The van der Waals surface area contributed by atoms with Gasteiger partial charge in [0.1, 0.15) is 5.75 Å². The van der Waals surface area contributed by atoms with Gasteiger partial charge in [-0.2, -0.15) is 18.2 Å². The Morgan fingerprint density at radius 2 is 1.94 bits per heavy atom. The van der Waals surface area contributed by atoms with Crippen LogP contribution >= 0.6 is 0 Å². The minimum Gasteiger partial charge on any atom is -0.264 e. The Morgan fingerprint density at radius 3 is 2.53 bits per heavy atom. The van der Waals surface area contributed by atoms with E-state index in [0.29, 0.717) is 5.56 Å². The maximum Gasteiger partial charge on any atom is 0.287 e. The average molecular weight is 260 g/mol. The molecule has 1 rings (SSSR count). The summed E-state index contributed by atoms with van der Waals surface area (Å²) in [6.07, 6.45) is 0. The van der Waals surface area contributed by atoms with Crippen molar-refractivity contribution in [1.82, 2.24) is 5.48 Å². The molecule has 0 spiro atoms. The second-order valence-corrected chi connectivity index (χ2v) is 4.79. The van der Waals surface area contributed by atoms with Crippen molar-refractivity contribution in [1.29, 1.82) is 0 Å². The fourth-order valence-electron chi connectivity index (χ4n) is 1.08. The Bertz CT molecular complexity index is 460. The topological polar surface area (TPSA) is 98.5 Å². The molecule has 17 heavy (non-hydrogen) atoms. The summed E-state index contributed by atoms with van der Waals surface area (Å²) in [7, 11) is -3.77. The highest BCUT2D eigenvalue weighted by molar-refractivity contribution is 7.85. The monoisotopic (exact) mass is 260 g/mol. The van der Waals surface area contributed by atoms with Crippen LogP contribution in [0.15, 0.2) is 30.3 Å². The van der Waals surface area contributed by atoms with E-state index in [1.807, 2.05) is 5.48 Å². The van der Waals surface area contributed by atoms with E-state index in [2.05, 4.69) is 4.28 Å². The number of rotatable bonds is 7. The summed E-state index contributed by atoms with van der Waals surface area (Å²) in [5.74, 6) is -0.278. The Morgan fingerprint density at radius 1 is 1.29 bits per heavy atom. The molecule has 0 heterocycles. The largest absolute Gasteiger partial charge is 0.287 e. The van der Waals surface area contributed by atoms with E-state index in [-0.39, 0.29) is 12.3 Å². The standard InChI is InChI=1S/C9H12N2O5S/c12-11(13)7-6-10-16-17(14,15)8-9-4-2-1-3-5-9/h1-5,10H,6-8H2. The first-order valence-corrected chi connectivity index (χ1v) is 6.37. The van der Waals surface area contributed by atoms with Crippen LogP contribution in [0.2, 0.25) is 0 Å². The zero-order valence-corrected chi connectivity index (χ0v) is 9.72. The van der Waals surface area contributed by atoms with Crippen molar-refractivity contribution < 1.29 is 17.6 Å². The van der Waals surface area contributed by atoms with Gasteiger partial charge in [-0.3, -0.25) is 10.1 Å². The number of nitrogens with one attached hydrogen (secondary N) is 1. The summed E-state index contributed by atoms with van der Waals surface area (Å²) in [5.41, 5.74) is 2.63. The summed E-state index contributed by atoms with van der Waals surface area (Å²) in [6, 6.07) is 8.50. The highest BCUT2D eigenvalue weighted by Gasteiger charge is 2.12. The van der Waals surface area contributed by atoms with Crippen LogP contribution in [0.25, 0.3) is 0 Å². The Balaban J connectivity index is 2.39. The van der Waals surface area contributed by atoms with Gasteiger partial charge in [-0.15, -0.1) is 0 Å². The number of hydroxylamine groups is 1. The van der Waals surface area contributed by atoms with Gasteiger partial charge in [-0.25, -0.2) is 0 Å². The first-order chi connectivity index (χ1) is 7.99. The third-order valence-corrected chi connectivity index (χ3v) is 2.83. The number of hydrogen-bond acceptors (Lipinski definition) is 6. The van der Waals surface area contributed by atoms with E-state index in [1.165, 1.54) is 0 Å². The molecule has 0 amide bonds. The molecule has 94 valence electrons. The molecule has 7 nitrogen and oxygen atoms in total. The van der Waals surface area contributed by atoms with Crippen LogP contribution in [0, 0.1) is 10.1 Å². The lowest BCUT2D eigenvalue weighted by molar-refractivity contribution is -0.478. The van der Waals surface area contributed by atoms with Gasteiger partial charge in [0.25, 0.3) is 10.1 Å². The maximum absolute atomic E-state index is 11.4. The highest BCUT2D eigenvalue weighted by atomic mass is 32.2. The van der Waals surface area contributed by atoms with Gasteiger partial charge in [0.15, 0.2) is 0 Å². The van der Waals surface area contributed by atoms with Crippen molar-refractivity contribution in [2.45, 2.75) is 5.75 Å². The van der Waals surface area contributed by atoms with Crippen LogP contribution < -0.4 is 5.48 Å². The zero-order valence-electron chi connectivity index (χ0n) is 8.90. The minimum absolute atomic E-state index is 0.166. The van der Waals surface area contributed by atoms with Crippen molar-refractivity contribution >= 4 is 10.1 Å². The molecule has 0 aliphatic rings. The third kappa shape index (κ3) is 5.95. The van der Waals surface area contributed by atoms with Gasteiger partial charge < -0.3 is 0 Å². The van der Waals surface area contributed by atoms with Gasteiger partial charge >= 0.3 is 0 Å². The van der Waals surface area contributed by atoms with Crippen LogP contribution in [-0.2, 0) is 20.2 Å². The SMILES string of the molecule is O=[N+]([O-])CCNOS(=O)(=O)Cc1ccccc1. The fourth-order valence-corrected chi connectivity index (χ4v) is 2.00. The van der Waals surface area contributed by atoms with Gasteiger partial charge in [-0.1, -0.05) is 30.3 Å². The molecule has 0 fully saturated rings. The van der Waals surface area contributed by atoms with E-state index >= 15 is 0 Å². The molecular weight excluding hydrogens is 248 g/mol. The smallest absolute Gasteiger partial charge is 0.264 e. The molecule has 1 aromatic carbocycles. The molecular formula is C9H12N2O5S. The molecule has 0 aliphatic carbocycles. The predicted molar refractivity (Wildman–Crippen MR) is 60.0 cm³/mol. The summed E-state index contributed by atoms with van der Waals surface area (Å²) < 4.78 is 27.2. The van der Waals surface area contributed by atoms with Crippen molar-refractivity contribution in [3.8, 4) is 0 Å². The van der Waals surface area contributed by atoms with E-state index in [9.17, 15) is 18.5 Å². The van der Waals surface area contributed by atoms with Gasteiger partial charge in [0, 0.05) is 4.92 Å². The molecule has 0 radical (unpaired) electrons. The molecule has 1 N–H and O–H groups in total. The molecule has 8 heteroatoms. The molecule has 0 saturated heterocycles. The van der Waals surface area contributed by atoms with Crippen LogP contribution in [0.5, 0.6) is 0 Å². The van der Waals surface area contributed by atoms with E-state index in [4.69, 9.17) is 0 Å². The van der Waals surface area contributed by atoms with Crippen molar-refractivity contribution in [2.24, 2.45) is 0 Å². The average Bonchev–Trinajstić information content (AvgIpc) is 2.25. The van der Waals surface area contributed by atoms with Gasteiger partial charge in [0.05, 0.1) is 6.54 Å². The van der Waals surface area contributed by atoms with E-state index < -0.39 is 21.6 Å². The van der Waals surface area contributed by atoms with E-state index in [1.54, 1.807) is 30.3 Å². The molecule has 0 atom stereocenters. The minimum atomic E-state index is -3.77. The lowest BCUT2D eigenvalue weighted by atomic mass is 10.2. The van der Waals surface area contributed by atoms with Crippen molar-refractivity contribution in [3.63, 3.8) is 0 Å². The summed E-state index contributed by atoms with van der Waals surface area (Å²) >= 11 is 0. The van der Waals surface area contributed by atoms with Crippen LogP contribution in [0.1, 0.15) is 5.56 Å². The zero-order chi connectivity index (χ0) is 12.7. The van der Waals surface area contributed by atoms with E-state index in [0.717, 1.165) is 0 Å². The van der Waals surface area contributed by atoms with Crippen molar-refractivity contribution in [2.75, 3.05) is 13.1 Å². The van der Waals surface area contributed by atoms with Gasteiger partial charge in [-0.05, 0) is 5.56 Å². The number of benzene rings is 1. The molecule has 0 aliphatic heterocycles. The van der Waals surface area contributed by atoms with Crippen LogP contribution in [-0.4, -0.2) is 26.4 Å². The Labute approximate surface area is 98.6 Å². The summed E-state index contributed by atoms with van der Waals surface area (Å²) in [6.45, 7) is -0.568. The Kier molecular flexibility index (Phi) is 5.01. The molecule has 0 aromatic heterocycles. The first-order valence-electron chi connectivity index (χ1n) is 4.79. The summed E-state index contributed by atoms with van der Waals surface area (Å²) in [5, 5.41) is 9.98. The molecule has 1 aromatic rings. The van der Waals surface area contributed by atoms with Gasteiger partial charge in [0.2, 0.25) is 6.54 Å². The molecule has 0 bridgehead atoms. The number of nitrogens with zero attached hydrogens (tertiary/aromatic N) is 1. The fraction of sp³-hybridized carbons (Fsp3) is 0.333. The van der Waals surface area contributed by atoms with Crippen LogP contribution in [0.4, 0.5) is 0 Å². The molecule has 0 unspecified atom stereocenters.